The molecular formula is C7H13BrO. The first-order valence-corrected chi connectivity index (χ1v) is 4.30. The first kappa shape index (κ1) is 9.15. The maximum absolute atomic E-state index is 10.9. The van der Waals surface area contributed by atoms with Gasteiger partial charge in [-0.25, -0.2) is 0 Å². The van der Waals surface area contributed by atoms with Crippen molar-refractivity contribution in [1.82, 2.24) is 0 Å². The van der Waals surface area contributed by atoms with Crippen molar-refractivity contribution in [3.63, 3.8) is 0 Å². The van der Waals surface area contributed by atoms with E-state index in [0.717, 1.165) is 0 Å². The second kappa shape index (κ2) is 4.04. The number of hydrogen-bond donors (Lipinski definition) is 0. The Bertz CT molecular complexity index is 99.1. The van der Waals surface area contributed by atoms with E-state index >= 15 is 0 Å². The number of Topliss-reactive ketones (excluding diaryl/α,β-unsaturated/α-hetero) is 1. The largest absolute Gasteiger partial charge is 0.298 e. The smallest absolute Gasteiger partial charge is 0.146 e. The summed E-state index contributed by atoms with van der Waals surface area (Å²) in [7, 11) is 0. The van der Waals surface area contributed by atoms with Gasteiger partial charge in [-0.3, -0.25) is 4.79 Å². The number of rotatable bonds is 3. The van der Waals surface area contributed by atoms with Crippen molar-refractivity contribution in [1.29, 1.82) is 0 Å². The standard InChI is InChI=1S/C7H13BrO/c1-5(2)6(3)7(9)4-8/h5-6H,4H2,1-3H3. The van der Waals surface area contributed by atoms with Crippen molar-refractivity contribution in [2.24, 2.45) is 11.8 Å². The first-order chi connectivity index (χ1) is 4.09. The van der Waals surface area contributed by atoms with Crippen LogP contribution in [0.3, 0.4) is 0 Å². The molecule has 0 N–H and O–H groups in total. The van der Waals surface area contributed by atoms with Crippen molar-refractivity contribution >= 4 is 21.7 Å². The molecule has 9 heavy (non-hydrogen) atoms. The maximum atomic E-state index is 10.9. The quantitative estimate of drug-likeness (QED) is 0.628. The van der Waals surface area contributed by atoms with Crippen LogP contribution in [0.15, 0.2) is 0 Å². The summed E-state index contributed by atoms with van der Waals surface area (Å²) in [6.45, 7) is 6.09. The van der Waals surface area contributed by atoms with Crippen LogP contribution >= 0.6 is 15.9 Å². The van der Waals surface area contributed by atoms with Gasteiger partial charge < -0.3 is 0 Å². The van der Waals surface area contributed by atoms with Crippen LogP contribution in [0, 0.1) is 11.8 Å². The predicted octanol–water partition coefficient (Wildman–Crippen LogP) is 2.24. The highest BCUT2D eigenvalue weighted by atomic mass is 79.9. The lowest BCUT2D eigenvalue weighted by Crippen LogP contribution is -2.17. The van der Waals surface area contributed by atoms with Crippen molar-refractivity contribution in [2.75, 3.05) is 5.33 Å². The van der Waals surface area contributed by atoms with Crippen LogP contribution in [-0.4, -0.2) is 11.1 Å². The summed E-state index contributed by atoms with van der Waals surface area (Å²) in [6.07, 6.45) is 0. The second-order valence-corrected chi connectivity index (χ2v) is 3.19. The summed E-state index contributed by atoms with van der Waals surface area (Å²) in [5, 5.41) is 0.492. The molecule has 0 radical (unpaired) electrons. The highest BCUT2D eigenvalue weighted by molar-refractivity contribution is 9.09. The molecule has 0 heterocycles. The molecule has 2 heteroatoms. The minimum atomic E-state index is 0.198. The molecule has 0 saturated carbocycles. The van der Waals surface area contributed by atoms with Gasteiger partial charge in [0.2, 0.25) is 0 Å². The molecule has 0 fully saturated rings. The van der Waals surface area contributed by atoms with Crippen molar-refractivity contribution in [3.8, 4) is 0 Å². The number of hydrogen-bond acceptors (Lipinski definition) is 1. The van der Waals surface area contributed by atoms with Crippen LogP contribution in [-0.2, 0) is 4.79 Å². The van der Waals surface area contributed by atoms with E-state index in [1.165, 1.54) is 0 Å². The fourth-order valence-corrected chi connectivity index (χ4v) is 1.00. The van der Waals surface area contributed by atoms with Crippen LogP contribution in [0.4, 0.5) is 0 Å². The van der Waals surface area contributed by atoms with E-state index in [0.29, 0.717) is 17.0 Å². The van der Waals surface area contributed by atoms with E-state index in [-0.39, 0.29) is 5.92 Å². The van der Waals surface area contributed by atoms with E-state index in [1.807, 2.05) is 6.92 Å². The van der Waals surface area contributed by atoms with Gasteiger partial charge in [0.25, 0.3) is 0 Å². The van der Waals surface area contributed by atoms with E-state index < -0.39 is 0 Å². The predicted molar refractivity (Wildman–Crippen MR) is 42.8 cm³/mol. The highest BCUT2D eigenvalue weighted by Gasteiger charge is 2.14. The molecular weight excluding hydrogens is 180 g/mol. The van der Waals surface area contributed by atoms with Crippen molar-refractivity contribution in [3.05, 3.63) is 0 Å². The SMILES string of the molecule is CC(C)C(C)C(=O)CBr. The molecule has 0 aromatic carbocycles. The number of carbonyl (C=O) groups excluding carboxylic acids is 1. The van der Waals surface area contributed by atoms with E-state index in [4.69, 9.17) is 0 Å². The summed E-state index contributed by atoms with van der Waals surface area (Å²) in [4.78, 5) is 10.9. The molecule has 0 spiro atoms. The van der Waals surface area contributed by atoms with Gasteiger partial charge >= 0.3 is 0 Å². The minimum absolute atomic E-state index is 0.198. The average molecular weight is 193 g/mol. The molecule has 1 nitrogen and oxygen atoms in total. The lowest BCUT2D eigenvalue weighted by Gasteiger charge is -2.11. The zero-order chi connectivity index (χ0) is 7.44. The Morgan fingerprint density at radius 2 is 1.89 bits per heavy atom. The van der Waals surface area contributed by atoms with E-state index in [9.17, 15) is 4.79 Å². The van der Waals surface area contributed by atoms with Crippen LogP contribution in [0.5, 0.6) is 0 Å². The Morgan fingerprint density at radius 3 is 2.00 bits per heavy atom. The summed E-state index contributed by atoms with van der Waals surface area (Å²) < 4.78 is 0. The maximum Gasteiger partial charge on any atom is 0.146 e. The van der Waals surface area contributed by atoms with E-state index in [2.05, 4.69) is 29.8 Å². The molecule has 1 atom stereocenters. The molecule has 0 aromatic rings. The molecule has 1 unspecified atom stereocenters. The Morgan fingerprint density at radius 1 is 1.44 bits per heavy atom. The van der Waals surface area contributed by atoms with Gasteiger partial charge in [0.05, 0.1) is 5.33 Å². The van der Waals surface area contributed by atoms with Crippen LogP contribution in [0.1, 0.15) is 20.8 Å². The molecule has 0 rings (SSSR count). The summed E-state index contributed by atoms with van der Waals surface area (Å²) in [5.41, 5.74) is 0. The number of ketones is 1. The van der Waals surface area contributed by atoms with Crippen LogP contribution < -0.4 is 0 Å². The fourth-order valence-electron chi connectivity index (χ4n) is 0.493. The number of halogens is 1. The van der Waals surface area contributed by atoms with Gasteiger partial charge in [-0.15, -0.1) is 0 Å². The summed E-state index contributed by atoms with van der Waals surface area (Å²) >= 11 is 3.13. The Hall–Kier alpha value is 0.150. The lowest BCUT2D eigenvalue weighted by molar-refractivity contribution is -0.120. The third kappa shape index (κ3) is 2.99. The first-order valence-electron chi connectivity index (χ1n) is 3.18. The van der Waals surface area contributed by atoms with Gasteiger partial charge in [-0.05, 0) is 5.92 Å². The Balaban J connectivity index is 3.72. The summed E-state index contributed by atoms with van der Waals surface area (Å²) in [6, 6.07) is 0. The number of alkyl halides is 1. The minimum Gasteiger partial charge on any atom is -0.298 e. The average Bonchev–Trinajstić information content (AvgIpc) is 1.84. The number of carbonyl (C=O) groups is 1. The molecule has 54 valence electrons. The summed E-state index contributed by atoms with van der Waals surface area (Å²) in [5.74, 6) is 0.962. The Labute approximate surface area is 65.0 Å². The molecule has 0 aromatic heterocycles. The van der Waals surface area contributed by atoms with Gasteiger partial charge in [-0.2, -0.15) is 0 Å². The normalized spacial score (nSPS) is 13.9. The monoisotopic (exact) mass is 192 g/mol. The molecule has 0 aliphatic carbocycles. The van der Waals surface area contributed by atoms with Crippen molar-refractivity contribution < 1.29 is 4.79 Å². The molecule has 0 amide bonds. The van der Waals surface area contributed by atoms with Crippen molar-refractivity contribution in [2.45, 2.75) is 20.8 Å². The zero-order valence-electron chi connectivity index (χ0n) is 6.15. The van der Waals surface area contributed by atoms with Gasteiger partial charge in [0.15, 0.2) is 0 Å². The zero-order valence-corrected chi connectivity index (χ0v) is 7.73. The lowest BCUT2D eigenvalue weighted by atomic mass is 9.95. The third-order valence-corrected chi connectivity index (χ3v) is 2.19. The van der Waals surface area contributed by atoms with Gasteiger partial charge in [0.1, 0.15) is 5.78 Å². The topological polar surface area (TPSA) is 17.1 Å². The van der Waals surface area contributed by atoms with Gasteiger partial charge in [-0.1, -0.05) is 36.7 Å². The van der Waals surface area contributed by atoms with Gasteiger partial charge in [0, 0.05) is 5.92 Å². The molecule has 0 bridgehead atoms. The molecule has 0 aliphatic heterocycles. The van der Waals surface area contributed by atoms with Crippen LogP contribution in [0.2, 0.25) is 0 Å². The van der Waals surface area contributed by atoms with E-state index in [1.54, 1.807) is 0 Å². The second-order valence-electron chi connectivity index (χ2n) is 2.63. The molecule has 0 aliphatic rings. The fraction of sp³-hybridized carbons (Fsp3) is 0.857. The third-order valence-electron chi connectivity index (χ3n) is 1.64. The highest BCUT2D eigenvalue weighted by Crippen LogP contribution is 2.11. The van der Waals surface area contributed by atoms with Crippen LogP contribution in [0.25, 0.3) is 0 Å². The molecule has 0 saturated heterocycles. The Kier molecular flexibility index (Phi) is 4.11.